The molecule has 10 nitrogen and oxygen atoms in total. The number of H-pyrrole nitrogens is 1. The van der Waals surface area contributed by atoms with Crippen LogP contribution in [0.1, 0.15) is 16.7 Å². The van der Waals surface area contributed by atoms with Crippen molar-refractivity contribution in [2.24, 2.45) is 0 Å². The number of aromatic nitrogens is 2. The maximum absolute atomic E-state index is 12.9. The minimum Gasteiger partial charge on any atom is -0.360 e. The van der Waals surface area contributed by atoms with Gasteiger partial charge in [0.05, 0.1) is 21.6 Å². The summed E-state index contributed by atoms with van der Waals surface area (Å²) < 4.78 is 0. The molecule has 1 aromatic carbocycles. The second kappa shape index (κ2) is 7.82. The number of para-hydroxylation sites is 1. The molecular formula is C23H22N6O4. The Morgan fingerprint density at radius 2 is 1.76 bits per heavy atom. The van der Waals surface area contributed by atoms with Gasteiger partial charge in [-0.25, -0.2) is 4.98 Å². The first-order chi connectivity index (χ1) is 15.8. The zero-order valence-electron chi connectivity index (χ0n) is 18.2. The zero-order chi connectivity index (χ0) is 23.3. The Morgan fingerprint density at radius 3 is 2.45 bits per heavy atom. The van der Waals surface area contributed by atoms with Crippen molar-refractivity contribution in [3.8, 4) is 0 Å². The van der Waals surface area contributed by atoms with Crippen LogP contribution in [0.3, 0.4) is 0 Å². The van der Waals surface area contributed by atoms with Gasteiger partial charge >= 0.3 is 0 Å². The number of carbonyl (C=O) groups excluding carboxylic acids is 2. The number of amides is 2. The third-order valence-electron chi connectivity index (χ3n) is 6.29. The number of nitro groups is 1. The molecule has 0 spiro atoms. The summed E-state index contributed by atoms with van der Waals surface area (Å²) in [4.78, 5) is 48.8. The number of pyridine rings is 1. The SMILES string of the molecule is Cc1cccc2c(C3=C(c4cc(N5CCN(C)CC5)ncc4[N+](=O)[O-])C(=O)NC3=O)c[nH]c12. The molecule has 0 saturated carbocycles. The lowest BCUT2D eigenvalue weighted by Gasteiger charge is -2.33. The molecule has 0 bridgehead atoms. The smallest absolute Gasteiger partial charge is 0.295 e. The molecule has 33 heavy (non-hydrogen) atoms. The third kappa shape index (κ3) is 3.44. The fourth-order valence-corrected chi connectivity index (χ4v) is 4.47. The number of anilines is 1. The number of likely N-dealkylation sites (N-methyl/N-ethyl adjacent to an activating group) is 1. The lowest BCUT2D eigenvalue weighted by molar-refractivity contribution is -0.385. The van der Waals surface area contributed by atoms with Crippen LogP contribution < -0.4 is 10.2 Å². The summed E-state index contributed by atoms with van der Waals surface area (Å²) in [7, 11) is 2.03. The predicted molar refractivity (Wildman–Crippen MR) is 124 cm³/mol. The summed E-state index contributed by atoms with van der Waals surface area (Å²) >= 11 is 0. The number of aryl methyl sites for hydroxylation is 1. The maximum Gasteiger partial charge on any atom is 0.295 e. The van der Waals surface area contributed by atoms with Gasteiger partial charge in [-0.2, -0.15) is 0 Å². The van der Waals surface area contributed by atoms with Crippen LogP contribution in [0.4, 0.5) is 11.5 Å². The van der Waals surface area contributed by atoms with Crippen molar-refractivity contribution in [2.75, 3.05) is 38.1 Å². The van der Waals surface area contributed by atoms with Gasteiger partial charge in [-0.3, -0.25) is 25.0 Å². The summed E-state index contributed by atoms with van der Waals surface area (Å²) in [5.74, 6) is -0.697. The summed E-state index contributed by atoms with van der Waals surface area (Å²) in [6.45, 7) is 5.01. The standard InChI is InChI=1S/C23H22N6O4/c1-13-4-3-5-14-16(11-25-21(13)14)20-19(22(30)26-23(20)31)15-10-18(24-12-17(15)29(32)33)28-8-6-27(2)7-9-28/h3-5,10-12,25H,6-9H2,1-2H3,(H,26,30,31). The van der Waals surface area contributed by atoms with Gasteiger partial charge in [-0.1, -0.05) is 18.2 Å². The fourth-order valence-electron chi connectivity index (χ4n) is 4.47. The second-order valence-electron chi connectivity index (χ2n) is 8.34. The van der Waals surface area contributed by atoms with E-state index in [2.05, 4.69) is 20.2 Å². The molecule has 5 rings (SSSR count). The Hall–Kier alpha value is -4.05. The number of aromatic amines is 1. The number of hydrogen-bond donors (Lipinski definition) is 2. The number of nitrogens with one attached hydrogen (secondary N) is 2. The van der Waals surface area contributed by atoms with Crippen molar-refractivity contribution < 1.29 is 14.5 Å². The highest BCUT2D eigenvalue weighted by Crippen LogP contribution is 2.39. The highest BCUT2D eigenvalue weighted by molar-refractivity contribution is 6.50. The molecule has 3 aromatic rings. The van der Waals surface area contributed by atoms with Crippen molar-refractivity contribution in [1.29, 1.82) is 0 Å². The molecule has 168 valence electrons. The molecule has 0 unspecified atom stereocenters. The van der Waals surface area contributed by atoms with Crippen LogP contribution in [0, 0.1) is 17.0 Å². The Labute approximate surface area is 189 Å². The molecule has 2 aliphatic rings. The van der Waals surface area contributed by atoms with Gasteiger partial charge in [0.25, 0.3) is 17.5 Å². The number of benzene rings is 1. The molecule has 0 atom stereocenters. The van der Waals surface area contributed by atoms with Crippen LogP contribution in [-0.4, -0.2) is 64.8 Å². The average molecular weight is 446 g/mol. The summed E-state index contributed by atoms with van der Waals surface area (Å²) in [6, 6.07) is 7.21. The Kier molecular flexibility index (Phi) is 4.94. The van der Waals surface area contributed by atoms with Crippen molar-refractivity contribution in [3.05, 3.63) is 63.5 Å². The molecule has 0 aliphatic carbocycles. The number of hydrogen-bond acceptors (Lipinski definition) is 7. The minimum atomic E-state index is -0.657. The number of nitrogens with zero attached hydrogens (tertiary/aromatic N) is 4. The van der Waals surface area contributed by atoms with E-state index in [4.69, 9.17) is 0 Å². The fraction of sp³-hybridized carbons (Fsp3) is 0.261. The van der Waals surface area contributed by atoms with E-state index in [-0.39, 0.29) is 22.4 Å². The average Bonchev–Trinajstić information content (AvgIpc) is 3.34. The van der Waals surface area contributed by atoms with Crippen LogP contribution >= 0.6 is 0 Å². The number of fused-ring (bicyclic) bond motifs is 1. The van der Waals surface area contributed by atoms with E-state index in [1.165, 1.54) is 6.20 Å². The molecule has 2 N–H and O–H groups in total. The minimum absolute atomic E-state index is 0.00752. The van der Waals surface area contributed by atoms with Crippen molar-refractivity contribution >= 4 is 45.4 Å². The highest BCUT2D eigenvalue weighted by atomic mass is 16.6. The maximum atomic E-state index is 12.9. The van der Waals surface area contributed by atoms with Gasteiger partial charge in [-0.15, -0.1) is 0 Å². The van der Waals surface area contributed by atoms with Gasteiger partial charge < -0.3 is 14.8 Å². The molecular weight excluding hydrogens is 424 g/mol. The molecule has 2 aromatic heterocycles. The van der Waals surface area contributed by atoms with E-state index in [0.717, 1.165) is 29.6 Å². The monoisotopic (exact) mass is 446 g/mol. The first kappa shape index (κ1) is 20.8. The van der Waals surface area contributed by atoms with Crippen LogP contribution in [0.25, 0.3) is 22.0 Å². The third-order valence-corrected chi connectivity index (χ3v) is 6.29. The molecule has 2 aliphatic heterocycles. The molecule has 2 amide bonds. The van der Waals surface area contributed by atoms with Gasteiger partial charge in [0.1, 0.15) is 12.0 Å². The number of rotatable bonds is 4. The summed E-state index contributed by atoms with van der Waals surface area (Å²) in [5.41, 5.74) is 2.24. The van der Waals surface area contributed by atoms with Crippen molar-refractivity contribution in [3.63, 3.8) is 0 Å². The summed E-state index contributed by atoms with van der Waals surface area (Å²) in [6.07, 6.45) is 2.84. The largest absolute Gasteiger partial charge is 0.360 e. The quantitative estimate of drug-likeness (QED) is 0.357. The van der Waals surface area contributed by atoms with Gasteiger partial charge in [-0.05, 0) is 25.6 Å². The van der Waals surface area contributed by atoms with Gasteiger partial charge in [0, 0.05) is 48.8 Å². The zero-order valence-corrected chi connectivity index (χ0v) is 18.2. The normalized spacial score (nSPS) is 17.2. The highest BCUT2D eigenvalue weighted by Gasteiger charge is 2.37. The van der Waals surface area contributed by atoms with Crippen LogP contribution in [0.15, 0.2) is 36.7 Å². The Bertz CT molecular complexity index is 1350. The second-order valence-corrected chi connectivity index (χ2v) is 8.34. The Balaban J connectivity index is 1.72. The number of piperazine rings is 1. The van der Waals surface area contributed by atoms with E-state index in [0.29, 0.717) is 24.5 Å². The van der Waals surface area contributed by atoms with E-state index in [1.807, 2.05) is 37.1 Å². The molecule has 4 heterocycles. The molecule has 1 fully saturated rings. The van der Waals surface area contributed by atoms with Gasteiger partial charge in [0.2, 0.25) is 0 Å². The first-order valence-corrected chi connectivity index (χ1v) is 10.6. The van der Waals surface area contributed by atoms with E-state index >= 15 is 0 Å². The number of imide groups is 1. The topological polar surface area (TPSA) is 124 Å². The van der Waals surface area contributed by atoms with Crippen LogP contribution in [-0.2, 0) is 9.59 Å². The Morgan fingerprint density at radius 1 is 1.06 bits per heavy atom. The number of carbonyl (C=O) groups is 2. The summed E-state index contributed by atoms with van der Waals surface area (Å²) in [5, 5.41) is 14.9. The van der Waals surface area contributed by atoms with E-state index in [1.54, 1.807) is 12.3 Å². The van der Waals surface area contributed by atoms with E-state index < -0.39 is 16.7 Å². The van der Waals surface area contributed by atoms with Crippen LogP contribution in [0.5, 0.6) is 0 Å². The van der Waals surface area contributed by atoms with E-state index in [9.17, 15) is 19.7 Å². The van der Waals surface area contributed by atoms with Crippen LogP contribution in [0.2, 0.25) is 0 Å². The first-order valence-electron chi connectivity index (χ1n) is 10.6. The van der Waals surface area contributed by atoms with Crippen molar-refractivity contribution in [1.82, 2.24) is 20.2 Å². The molecule has 1 saturated heterocycles. The van der Waals surface area contributed by atoms with Crippen molar-refractivity contribution in [2.45, 2.75) is 6.92 Å². The lowest BCUT2D eigenvalue weighted by Crippen LogP contribution is -2.44. The lowest BCUT2D eigenvalue weighted by atomic mass is 9.95. The molecule has 0 radical (unpaired) electrons. The molecule has 10 heteroatoms. The van der Waals surface area contributed by atoms with Gasteiger partial charge in [0.15, 0.2) is 0 Å². The predicted octanol–water partition coefficient (Wildman–Crippen LogP) is 2.10.